The van der Waals surface area contributed by atoms with Crippen LogP contribution in [-0.2, 0) is 4.79 Å². The first-order chi connectivity index (χ1) is 20.6. The number of ether oxygens (including phenoxy) is 3. The minimum absolute atomic E-state index is 0.0384. The number of nitrogens with zero attached hydrogens (tertiary/aromatic N) is 2. The van der Waals surface area contributed by atoms with Crippen molar-refractivity contribution in [1.29, 1.82) is 0 Å². The lowest BCUT2D eigenvalue weighted by Crippen LogP contribution is -2.33. The van der Waals surface area contributed by atoms with Crippen molar-refractivity contribution in [3.05, 3.63) is 128 Å². The van der Waals surface area contributed by atoms with Crippen LogP contribution in [0.2, 0.25) is 10.0 Å². The van der Waals surface area contributed by atoms with Gasteiger partial charge in [-0.1, -0.05) is 35.3 Å². The summed E-state index contributed by atoms with van der Waals surface area (Å²) in [6, 6.07) is 21.9. The number of hydrogen-bond acceptors (Lipinski definition) is 9. The molecule has 0 radical (unpaired) electrons. The van der Waals surface area contributed by atoms with E-state index in [2.05, 4.69) is 10.5 Å². The molecule has 43 heavy (non-hydrogen) atoms. The first kappa shape index (κ1) is 30.7. The first-order valence-electron chi connectivity index (χ1n) is 12.4. The molecule has 1 atom stereocenters. The fraction of sp³-hybridized carbons (Fsp3) is 0.0667. The Hall–Kier alpha value is -5.26. The third kappa shape index (κ3) is 8.38. The molecule has 0 unspecified atom stereocenters. The van der Waals surface area contributed by atoms with E-state index < -0.39 is 28.9 Å². The standard InChI is InChI=1S/C30H21Cl2N3O8/c1-18(41-26-5-3-2-4-25(26)35(39)40)28(36)34-33-17-21-10-15-24(42-29(37)19-6-11-22(31)12-7-19)16-27(21)43-30(38)20-8-13-23(32)14-9-20/h2-18H,1H3,(H,34,36)/b33-17-/t18-/m1/s1. The molecule has 0 spiro atoms. The summed E-state index contributed by atoms with van der Waals surface area (Å²) in [7, 11) is 0. The summed E-state index contributed by atoms with van der Waals surface area (Å²) in [6.07, 6.45) is 0.0558. The van der Waals surface area contributed by atoms with Gasteiger partial charge in [-0.3, -0.25) is 14.9 Å². The summed E-state index contributed by atoms with van der Waals surface area (Å²) >= 11 is 11.8. The van der Waals surface area contributed by atoms with Crippen molar-refractivity contribution in [2.75, 3.05) is 0 Å². The van der Waals surface area contributed by atoms with E-state index in [4.69, 9.17) is 37.4 Å². The van der Waals surface area contributed by atoms with Gasteiger partial charge in [-0.2, -0.15) is 5.10 Å². The molecule has 0 bridgehead atoms. The number of esters is 2. The van der Waals surface area contributed by atoms with E-state index in [1.54, 1.807) is 0 Å². The van der Waals surface area contributed by atoms with E-state index in [-0.39, 0.29) is 39.6 Å². The maximum absolute atomic E-state index is 12.8. The van der Waals surface area contributed by atoms with Crippen LogP contribution in [0.4, 0.5) is 5.69 Å². The molecule has 0 saturated carbocycles. The van der Waals surface area contributed by atoms with Gasteiger partial charge in [0, 0.05) is 27.7 Å². The maximum Gasteiger partial charge on any atom is 0.343 e. The molecule has 4 aromatic carbocycles. The number of nitro groups is 1. The lowest BCUT2D eigenvalue weighted by molar-refractivity contribution is -0.386. The highest BCUT2D eigenvalue weighted by Crippen LogP contribution is 2.28. The van der Waals surface area contributed by atoms with Gasteiger partial charge in [0.25, 0.3) is 5.91 Å². The molecule has 0 aliphatic carbocycles. The Morgan fingerprint density at radius 2 is 1.42 bits per heavy atom. The van der Waals surface area contributed by atoms with Crippen LogP contribution in [0.1, 0.15) is 33.2 Å². The van der Waals surface area contributed by atoms with Crippen LogP contribution in [-0.4, -0.2) is 35.1 Å². The van der Waals surface area contributed by atoms with Crippen molar-refractivity contribution < 1.29 is 33.5 Å². The summed E-state index contributed by atoms with van der Waals surface area (Å²) in [5.41, 5.74) is 2.66. The molecule has 0 aliphatic rings. The third-order valence-corrected chi connectivity index (χ3v) is 6.18. The van der Waals surface area contributed by atoms with Crippen molar-refractivity contribution in [3.63, 3.8) is 0 Å². The van der Waals surface area contributed by atoms with E-state index in [0.717, 1.165) is 0 Å². The lowest BCUT2D eigenvalue weighted by Gasteiger charge is -2.13. The molecule has 1 N–H and O–H groups in total. The summed E-state index contributed by atoms with van der Waals surface area (Å²) in [5, 5.41) is 16.0. The maximum atomic E-state index is 12.8. The molecule has 4 aromatic rings. The predicted octanol–water partition coefficient (Wildman–Crippen LogP) is 6.26. The molecule has 1 amide bonds. The number of para-hydroxylation sites is 2. The molecule has 4 rings (SSSR count). The summed E-state index contributed by atoms with van der Waals surface area (Å²) in [4.78, 5) is 48.5. The van der Waals surface area contributed by atoms with E-state index in [9.17, 15) is 24.5 Å². The number of nitrogens with one attached hydrogen (secondary N) is 1. The lowest BCUT2D eigenvalue weighted by atomic mass is 10.2. The number of carbonyl (C=O) groups is 3. The van der Waals surface area contributed by atoms with Crippen LogP contribution in [0.5, 0.6) is 17.2 Å². The Bertz CT molecular complexity index is 1690. The molecule has 0 heterocycles. The zero-order chi connectivity index (χ0) is 30.9. The molecule has 11 nitrogen and oxygen atoms in total. The minimum atomic E-state index is -1.14. The SMILES string of the molecule is C[C@@H](Oc1ccccc1[N+](=O)[O-])C(=O)N/N=C\c1ccc(OC(=O)c2ccc(Cl)cc2)cc1OC(=O)c1ccc(Cl)cc1. The average molecular weight is 622 g/mol. The highest BCUT2D eigenvalue weighted by Gasteiger charge is 2.21. The summed E-state index contributed by atoms with van der Waals surface area (Å²) < 4.78 is 16.4. The van der Waals surface area contributed by atoms with Gasteiger partial charge in [0.05, 0.1) is 22.3 Å². The Kier molecular flexibility index (Phi) is 10.0. The number of rotatable bonds is 10. The second-order valence-corrected chi connectivity index (χ2v) is 9.58. The second-order valence-electron chi connectivity index (χ2n) is 8.71. The van der Waals surface area contributed by atoms with Crippen LogP contribution >= 0.6 is 23.2 Å². The number of amides is 1. The van der Waals surface area contributed by atoms with Gasteiger partial charge >= 0.3 is 17.6 Å². The van der Waals surface area contributed by atoms with Crippen LogP contribution < -0.4 is 19.6 Å². The zero-order valence-electron chi connectivity index (χ0n) is 22.2. The van der Waals surface area contributed by atoms with E-state index >= 15 is 0 Å². The normalized spacial score (nSPS) is 11.4. The van der Waals surface area contributed by atoms with Crippen molar-refractivity contribution in [1.82, 2.24) is 5.43 Å². The van der Waals surface area contributed by atoms with Crippen LogP contribution in [0.3, 0.4) is 0 Å². The molecular formula is C30H21Cl2N3O8. The Morgan fingerprint density at radius 3 is 2.02 bits per heavy atom. The van der Waals surface area contributed by atoms with Crippen molar-refractivity contribution in [2.45, 2.75) is 13.0 Å². The second kappa shape index (κ2) is 14.1. The van der Waals surface area contributed by atoms with Gasteiger partial charge in [-0.15, -0.1) is 0 Å². The summed E-state index contributed by atoms with van der Waals surface area (Å²) in [6.45, 7) is 1.39. The number of halogens is 2. The van der Waals surface area contributed by atoms with Gasteiger partial charge in [-0.05, 0) is 73.7 Å². The quantitative estimate of drug-likeness (QED) is 0.0717. The van der Waals surface area contributed by atoms with Crippen LogP contribution in [0, 0.1) is 10.1 Å². The van der Waals surface area contributed by atoms with E-state index in [1.807, 2.05) is 0 Å². The van der Waals surface area contributed by atoms with Crippen LogP contribution in [0.15, 0.2) is 96.1 Å². The minimum Gasteiger partial charge on any atom is -0.474 e. The first-order valence-corrected chi connectivity index (χ1v) is 13.2. The molecule has 13 heteroatoms. The smallest absolute Gasteiger partial charge is 0.343 e. The number of nitro benzene ring substituents is 1. The van der Waals surface area contributed by atoms with Crippen molar-refractivity contribution >= 4 is 52.9 Å². The third-order valence-electron chi connectivity index (χ3n) is 5.67. The zero-order valence-corrected chi connectivity index (χ0v) is 23.7. The van der Waals surface area contributed by atoms with Gasteiger partial charge in [0.1, 0.15) is 11.5 Å². The fourth-order valence-electron chi connectivity index (χ4n) is 3.48. The van der Waals surface area contributed by atoms with Gasteiger partial charge < -0.3 is 14.2 Å². The molecule has 0 aromatic heterocycles. The topological polar surface area (TPSA) is 146 Å². The Labute approximate surface area is 254 Å². The molecular weight excluding hydrogens is 601 g/mol. The molecule has 218 valence electrons. The van der Waals surface area contributed by atoms with Gasteiger partial charge in [0.2, 0.25) is 0 Å². The van der Waals surface area contributed by atoms with Gasteiger partial charge in [0.15, 0.2) is 11.9 Å². The average Bonchev–Trinajstić information content (AvgIpc) is 2.99. The Balaban J connectivity index is 1.51. The predicted molar refractivity (Wildman–Crippen MR) is 158 cm³/mol. The van der Waals surface area contributed by atoms with E-state index in [1.165, 1.54) is 104 Å². The van der Waals surface area contributed by atoms with Gasteiger partial charge in [-0.25, -0.2) is 15.0 Å². The largest absolute Gasteiger partial charge is 0.474 e. The van der Waals surface area contributed by atoms with Crippen molar-refractivity contribution in [2.24, 2.45) is 5.10 Å². The number of hydrazone groups is 1. The van der Waals surface area contributed by atoms with Crippen LogP contribution in [0.25, 0.3) is 0 Å². The monoisotopic (exact) mass is 621 g/mol. The highest BCUT2D eigenvalue weighted by molar-refractivity contribution is 6.31. The fourth-order valence-corrected chi connectivity index (χ4v) is 3.73. The number of hydrogen-bond donors (Lipinski definition) is 1. The summed E-state index contributed by atoms with van der Waals surface area (Å²) in [5.74, 6) is -2.17. The van der Waals surface area contributed by atoms with E-state index in [0.29, 0.717) is 10.0 Å². The Morgan fingerprint density at radius 1 is 0.837 bits per heavy atom. The molecule has 0 saturated heterocycles. The number of carbonyl (C=O) groups excluding carboxylic acids is 3. The molecule has 0 aliphatic heterocycles. The molecule has 0 fully saturated rings. The number of benzene rings is 4. The highest BCUT2D eigenvalue weighted by atomic mass is 35.5. The van der Waals surface area contributed by atoms with Crippen molar-refractivity contribution in [3.8, 4) is 17.2 Å².